The van der Waals surface area contributed by atoms with Crippen molar-refractivity contribution in [2.24, 2.45) is 10.8 Å². The second kappa shape index (κ2) is 19.3. The zero-order chi connectivity index (χ0) is 28.2. The van der Waals surface area contributed by atoms with Gasteiger partial charge in [-0.1, -0.05) is 173 Å². The molecule has 0 atom stereocenters. The van der Waals surface area contributed by atoms with Crippen LogP contribution in [-0.2, 0) is 0 Å². The smallest absolute Gasteiger partial charge is 0.0310 e. The standard InChI is InChI=1S/C9H20.C7H10.3C7H8/c1-8(2,3)7-9(4,5)6;4*1-7-5-3-2-4-6-7/h7H2,1-6H3;3,5-6H,2,4H2,1H3;3*2-6H,1H3. The molecule has 0 bridgehead atoms. The van der Waals surface area contributed by atoms with Crippen molar-refractivity contribution in [3.8, 4) is 0 Å². The molecule has 37 heavy (non-hydrogen) atoms. The average molecular weight is 499 g/mol. The first-order valence-corrected chi connectivity index (χ1v) is 13.7. The third-order valence-corrected chi connectivity index (χ3v) is 5.06. The second-order valence-corrected chi connectivity index (χ2v) is 12.2. The lowest BCUT2D eigenvalue weighted by atomic mass is 9.78. The Kier molecular flexibility index (Phi) is 17.8. The van der Waals surface area contributed by atoms with E-state index in [-0.39, 0.29) is 0 Å². The van der Waals surface area contributed by atoms with Crippen molar-refractivity contribution in [3.05, 3.63) is 131 Å². The van der Waals surface area contributed by atoms with Crippen molar-refractivity contribution < 1.29 is 0 Å². The van der Waals surface area contributed by atoms with Crippen LogP contribution in [0.2, 0.25) is 0 Å². The molecule has 0 saturated carbocycles. The Balaban J connectivity index is 0.000000439. The van der Waals surface area contributed by atoms with E-state index < -0.39 is 0 Å². The van der Waals surface area contributed by atoms with E-state index in [2.05, 4.69) is 124 Å². The summed E-state index contributed by atoms with van der Waals surface area (Å²) in [7, 11) is 0. The van der Waals surface area contributed by atoms with Crippen molar-refractivity contribution in [1.29, 1.82) is 0 Å². The molecule has 1 aliphatic carbocycles. The van der Waals surface area contributed by atoms with Gasteiger partial charge in [0.2, 0.25) is 0 Å². The lowest BCUT2D eigenvalue weighted by molar-refractivity contribution is 0.233. The summed E-state index contributed by atoms with van der Waals surface area (Å²) in [6.45, 7) is 22.1. The van der Waals surface area contributed by atoms with Gasteiger partial charge < -0.3 is 0 Å². The summed E-state index contributed by atoms with van der Waals surface area (Å²) in [6, 6.07) is 30.8. The molecule has 0 amide bonds. The minimum atomic E-state index is 0.484. The average Bonchev–Trinajstić information content (AvgIpc) is 2.81. The molecule has 0 aliphatic heterocycles. The van der Waals surface area contributed by atoms with Gasteiger partial charge >= 0.3 is 0 Å². The van der Waals surface area contributed by atoms with Gasteiger partial charge in [0, 0.05) is 0 Å². The molecule has 1 aliphatic rings. The van der Waals surface area contributed by atoms with Crippen LogP contribution in [0.15, 0.2) is 115 Å². The van der Waals surface area contributed by atoms with Gasteiger partial charge in [0.15, 0.2) is 0 Å². The molecular formula is C37H54. The molecule has 0 saturated heterocycles. The molecule has 0 nitrogen and oxygen atoms in total. The highest BCUT2D eigenvalue weighted by Crippen LogP contribution is 2.31. The highest BCUT2D eigenvalue weighted by Gasteiger charge is 2.20. The van der Waals surface area contributed by atoms with Gasteiger partial charge in [-0.05, 0) is 57.8 Å². The van der Waals surface area contributed by atoms with Crippen LogP contribution >= 0.6 is 0 Å². The van der Waals surface area contributed by atoms with Crippen molar-refractivity contribution >= 4 is 0 Å². The Morgan fingerprint density at radius 1 is 0.486 bits per heavy atom. The van der Waals surface area contributed by atoms with E-state index in [1.165, 1.54) is 41.5 Å². The molecule has 0 spiro atoms. The summed E-state index contributed by atoms with van der Waals surface area (Å²) in [4.78, 5) is 0. The van der Waals surface area contributed by atoms with Gasteiger partial charge in [-0.2, -0.15) is 0 Å². The summed E-state index contributed by atoms with van der Waals surface area (Å²) < 4.78 is 0. The predicted molar refractivity (Wildman–Crippen MR) is 169 cm³/mol. The molecule has 0 radical (unpaired) electrons. The van der Waals surface area contributed by atoms with E-state index in [9.17, 15) is 0 Å². The molecule has 202 valence electrons. The Morgan fingerprint density at radius 3 is 0.919 bits per heavy atom. The van der Waals surface area contributed by atoms with Crippen LogP contribution in [0, 0.1) is 31.6 Å². The normalized spacial score (nSPS) is 12.0. The largest absolute Gasteiger partial charge is 0.0840 e. The third kappa shape index (κ3) is 26.0. The Labute approximate surface area is 230 Å². The molecule has 3 aromatic carbocycles. The van der Waals surface area contributed by atoms with E-state index in [4.69, 9.17) is 0 Å². The minimum Gasteiger partial charge on any atom is -0.0840 e. The van der Waals surface area contributed by atoms with Crippen LogP contribution in [-0.4, -0.2) is 0 Å². The quantitative estimate of drug-likeness (QED) is 0.289. The zero-order valence-corrected chi connectivity index (χ0v) is 25.5. The van der Waals surface area contributed by atoms with Crippen molar-refractivity contribution in [2.75, 3.05) is 0 Å². The SMILES string of the molecule is CC(C)(C)CC(C)(C)C.CC1=CCCC=C1.Cc1ccccc1.Cc1ccccc1.Cc1ccccc1. The zero-order valence-electron chi connectivity index (χ0n) is 25.5. The molecule has 0 heterocycles. The molecular weight excluding hydrogens is 444 g/mol. The lowest BCUT2D eigenvalue weighted by Gasteiger charge is -2.28. The van der Waals surface area contributed by atoms with E-state index >= 15 is 0 Å². The number of hydrogen-bond acceptors (Lipinski definition) is 0. The van der Waals surface area contributed by atoms with Gasteiger partial charge in [-0.3, -0.25) is 0 Å². The Bertz CT molecular complexity index is 862. The molecule has 0 fully saturated rings. The third-order valence-electron chi connectivity index (χ3n) is 5.06. The number of allylic oxidation sites excluding steroid dienone is 4. The maximum atomic E-state index is 2.29. The molecule has 0 N–H and O–H groups in total. The maximum absolute atomic E-state index is 2.29. The van der Waals surface area contributed by atoms with Crippen LogP contribution in [0.3, 0.4) is 0 Å². The maximum Gasteiger partial charge on any atom is -0.0310 e. The number of rotatable bonds is 0. The van der Waals surface area contributed by atoms with Crippen molar-refractivity contribution in [3.63, 3.8) is 0 Å². The summed E-state index contributed by atoms with van der Waals surface area (Å²) in [5.41, 5.74) is 6.34. The van der Waals surface area contributed by atoms with Gasteiger partial charge in [0.1, 0.15) is 0 Å². The predicted octanol–water partition coefficient (Wildman–Crippen LogP) is 11.7. The van der Waals surface area contributed by atoms with Gasteiger partial charge in [-0.15, -0.1) is 0 Å². The summed E-state index contributed by atoms with van der Waals surface area (Å²) in [5, 5.41) is 0. The fourth-order valence-electron chi connectivity index (χ4n) is 3.94. The fourth-order valence-corrected chi connectivity index (χ4v) is 3.94. The van der Waals surface area contributed by atoms with Crippen molar-refractivity contribution in [2.45, 2.75) is 88.5 Å². The molecule has 0 aromatic heterocycles. The van der Waals surface area contributed by atoms with Crippen LogP contribution < -0.4 is 0 Å². The van der Waals surface area contributed by atoms with Gasteiger partial charge in [0.25, 0.3) is 0 Å². The Morgan fingerprint density at radius 2 is 0.811 bits per heavy atom. The first-order chi connectivity index (χ1) is 17.3. The first-order valence-electron chi connectivity index (χ1n) is 13.7. The summed E-state index contributed by atoms with van der Waals surface area (Å²) in [6.07, 6.45) is 10.4. The highest BCUT2D eigenvalue weighted by atomic mass is 14.3. The summed E-state index contributed by atoms with van der Waals surface area (Å²) >= 11 is 0. The number of benzene rings is 3. The number of aryl methyl sites for hydroxylation is 3. The Hall–Kier alpha value is -2.86. The fraction of sp³-hybridized carbons (Fsp3) is 0.405. The second-order valence-electron chi connectivity index (χ2n) is 12.2. The van der Waals surface area contributed by atoms with E-state index in [0.29, 0.717) is 10.8 Å². The lowest BCUT2D eigenvalue weighted by Crippen LogP contribution is -2.16. The van der Waals surface area contributed by atoms with E-state index in [1.807, 2.05) is 54.6 Å². The highest BCUT2D eigenvalue weighted by molar-refractivity contribution is 5.19. The van der Waals surface area contributed by atoms with Crippen molar-refractivity contribution in [1.82, 2.24) is 0 Å². The van der Waals surface area contributed by atoms with Crippen LogP contribution in [0.1, 0.15) is 84.4 Å². The molecule has 0 unspecified atom stereocenters. The van der Waals surface area contributed by atoms with E-state index in [0.717, 1.165) is 0 Å². The molecule has 3 aromatic rings. The number of hydrogen-bond donors (Lipinski definition) is 0. The van der Waals surface area contributed by atoms with Crippen LogP contribution in [0.4, 0.5) is 0 Å². The molecule has 0 heteroatoms. The van der Waals surface area contributed by atoms with Crippen LogP contribution in [0.25, 0.3) is 0 Å². The topological polar surface area (TPSA) is 0 Å². The molecule has 4 rings (SSSR count). The summed E-state index contributed by atoms with van der Waals surface area (Å²) in [5.74, 6) is 0. The van der Waals surface area contributed by atoms with E-state index in [1.54, 1.807) is 0 Å². The minimum absolute atomic E-state index is 0.484. The first kappa shape index (κ1) is 34.1. The van der Waals surface area contributed by atoms with Crippen LogP contribution in [0.5, 0.6) is 0 Å². The monoisotopic (exact) mass is 498 g/mol. The van der Waals surface area contributed by atoms with Gasteiger partial charge in [0.05, 0.1) is 0 Å². The van der Waals surface area contributed by atoms with Gasteiger partial charge in [-0.25, -0.2) is 0 Å².